The Kier molecular flexibility index (Phi) is 3.80. The van der Waals surface area contributed by atoms with Gasteiger partial charge in [-0.2, -0.15) is 0 Å². The van der Waals surface area contributed by atoms with E-state index in [2.05, 4.69) is 25.6 Å². The van der Waals surface area contributed by atoms with Crippen LogP contribution in [0.15, 0.2) is 36.8 Å². The van der Waals surface area contributed by atoms with Crippen LogP contribution < -0.4 is 10.6 Å². The van der Waals surface area contributed by atoms with E-state index in [9.17, 15) is 4.79 Å². The molecule has 0 aromatic carbocycles. The summed E-state index contributed by atoms with van der Waals surface area (Å²) in [6.07, 6.45) is 4.98. The number of anilines is 1. The van der Waals surface area contributed by atoms with Crippen LogP contribution in [-0.2, 0) is 0 Å². The second-order valence-electron chi connectivity index (χ2n) is 3.49. The zero-order valence-electron chi connectivity index (χ0n) is 9.92. The molecule has 0 spiro atoms. The van der Waals surface area contributed by atoms with Crippen molar-refractivity contribution in [3.8, 4) is 11.3 Å². The molecule has 6 heteroatoms. The summed E-state index contributed by atoms with van der Waals surface area (Å²) in [5.74, 6) is 0.273. The van der Waals surface area contributed by atoms with Gasteiger partial charge in [0.1, 0.15) is 0 Å². The number of hydrogen-bond acceptors (Lipinski definition) is 4. The summed E-state index contributed by atoms with van der Waals surface area (Å²) in [6, 6.07) is 5.15. The minimum atomic E-state index is -0.315. The molecule has 6 nitrogen and oxygen atoms in total. The van der Waals surface area contributed by atoms with E-state index in [1.165, 1.54) is 0 Å². The van der Waals surface area contributed by atoms with Gasteiger partial charge in [0.15, 0.2) is 0 Å². The number of carbonyl (C=O) groups is 1. The van der Waals surface area contributed by atoms with E-state index in [0.29, 0.717) is 6.54 Å². The van der Waals surface area contributed by atoms with Crippen LogP contribution in [0.3, 0.4) is 0 Å². The molecule has 2 rings (SSSR count). The van der Waals surface area contributed by atoms with Crippen LogP contribution in [0.5, 0.6) is 0 Å². The molecule has 2 aromatic heterocycles. The SMILES string of the molecule is CCNC(=O)Nc1nccc(-c2ccncc2)n1. The Morgan fingerprint density at radius 2 is 2.00 bits per heavy atom. The van der Waals surface area contributed by atoms with E-state index in [1.54, 1.807) is 24.7 Å². The Balaban J connectivity index is 2.18. The van der Waals surface area contributed by atoms with Gasteiger partial charge in [-0.1, -0.05) is 0 Å². The van der Waals surface area contributed by atoms with Crippen LogP contribution >= 0.6 is 0 Å². The molecule has 92 valence electrons. The normalized spacial score (nSPS) is 9.83. The topological polar surface area (TPSA) is 79.8 Å². The van der Waals surface area contributed by atoms with Crippen molar-refractivity contribution in [3.05, 3.63) is 36.8 Å². The molecule has 2 N–H and O–H groups in total. The fourth-order valence-corrected chi connectivity index (χ4v) is 1.41. The number of rotatable bonds is 3. The highest BCUT2D eigenvalue weighted by molar-refractivity contribution is 5.87. The van der Waals surface area contributed by atoms with Gasteiger partial charge >= 0.3 is 6.03 Å². The smallest absolute Gasteiger partial charge is 0.321 e. The molecule has 0 bridgehead atoms. The Morgan fingerprint density at radius 1 is 1.22 bits per heavy atom. The Bertz CT molecular complexity index is 529. The maximum absolute atomic E-state index is 11.3. The zero-order chi connectivity index (χ0) is 12.8. The maximum atomic E-state index is 11.3. The van der Waals surface area contributed by atoms with E-state index < -0.39 is 0 Å². The van der Waals surface area contributed by atoms with Crippen LogP contribution in [-0.4, -0.2) is 27.5 Å². The number of urea groups is 1. The molecular formula is C12H13N5O. The fourth-order valence-electron chi connectivity index (χ4n) is 1.41. The van der Waals surface area contributed by atoms with Crippen molar-refractivity contribution in [2.45, 2.75) is 6.92 Å². The summed E-state index contributed by atoms with van der Waals surface area (Å²) in [5, 5.41) is 5.18. The molecule has 0 unspecified atom stereocenters. The Hall–Kier alpha value is -2.50. The lowest BCUT2D eigenvalue weighted by Crippen LogP contribution is -2.29. The van der Waals surface area contributed by atoms with Gasteiger partial charge in [-0.25, -0.2) is 14.8 Å². The molecule has 2 amide bonds. The van der Waals surface area contributed by atoms with E-state index in [4.69, 9.17) is 0 Å². The second kappa shape index (κ2) is 5.72. The molecule has 0 atom stereocenters. The number of amides is 2. The lowest BCUT2D eigenvalue weighted by atomic mass is 10.2. The number of nitrogens with one attached hydrogen (secondary N) is 2. The zero-order valence-corrected chi connectivity index (χ0v) is 9.92. The predicted molar refractivity (Wildman–Crippen MR) is 68.0 cm³/mol. The summed E-state index contributed by atoms with van der Waals surface area (Å²) in [6.45, 7) is 2.39. The van der Waals surface area contributed by atoms with Crippen molar-refractivity contribution >= 4 is 12.0 Å². The average Bonchev–Trinajstić information content (AvgIpc) is 2.40. The third-order valence-corrected chi connectivity index (χ3v) is 2.19. The standard InChI is InChI=1S/C12H13N5O/c1-2-14-12(18)17-11-15-8-5-10(16-11)9-3-6-13-7-4-9/h3-8H,2H2,1H3,(H2,14,15,16,17,18). The van der Waals surface area contributed by atoms with E-state index in [-0.39, 0.29) is 12.0 Å². The quantitative estimate of drug-likeness (QED) is 0.859. The van der Waals surface area contributed by atoms with Gasteiger partial charge in [-0.05, 0) is 25.1 Å². The second-order valence-corrected chi connectivity index (χ2v) is 3.49. The molecule has 18 heavy (non-hydrogen) atoms. The first-order chi connectivity index (χ1) is 8.79. The number of nitrogens with zero attached hydrogens (tertiary/aromatic N) is 3. The van der Waals surface area contributed by atoms with Crippen molar-refractivity contribution in [3.63, 3.8) is 0 Å². The highest BCUT2D eigenvalue weighted by Crippen LogP contribution is 2.15. The van der Waals surface area contributed by atoms with Gasteiger partial charge in [0.05, 0.1) is 5.69 Å². The van der Waals surface area contributed by atoms with Gasteiger partial charge in [0.2, 0.25) is 5.95 Å². The van der Waals surface area contributed by atoms with E-state index in [0.717, 1.165) is 11.3 Å². The van der Waals surface area contributed by atoms with Crippen LogP contribution in [0.2, 0.25) is 0 Å². The Morgan fingerprint density at radius 3 is 2.72 bits per heavy atom. The first-order valence-corrected chi connectivity index (χ1v) is 5.58. The van der Waals surface area contributed by atoms with E-state index in [1.807, 2.05) is 19.1 Å². The molecule has 2 aromatic rings. The lowest BCUT2D eigenvalue weighted by molar-refractivity contribution is 0.252. The molecule has 0 saturated carbocycles. The van der Waals surface area contributed by atoms with E-state index >= 15 is 0 Å². The third kappa shape index (κ3) is 3.00. The minimum Gasteiger partial charge on any atom is -0.338 e. The number of carbonyl (C=O) groups excluding carboxylic acids is 1. The highest BCUT2D eigenvalue weighted by Gasteiger charge is 2.04. The largest absolute Gasteiger partial charge is 0.338 e. The molecule has 0 radical (unpaired) electrons. The van der Waals surface area contributed by atoms with Crippen molar-refractivity contribution in [1.29, 1.82) is 0 Å². The average molecular weight is 243 g/mol. The molecule has 0 aliphatic heterocycles. The minimum absolute atomic E-state index is 0.273. The first kappa shape index (κ1) is 12.0. The van der Waals surface area contributed by atoms with Gasteiger partial charge in [-0.3, -0.25) is 10.3 Å². The van der Waals surface area contributed by atoms with Crippen molar-refractivity contribution in [2.24, 2.45) is 0 Å². The van der Waals surface area contributed by atoms with Crippen LogP contribution in [0.1, 0.15) is 6.92 Å². The summed E-state index contributed by atoms with van der Waals surface area (Å²) < 4.78 is 0. The highest BCUT2D eigenvalue weighted by atomic mass is 16.2. The maximum Gasteiger partial charge on any atom is 0.321 e. The number of aromatic nitrogens is 3. The third-order valence-electron chi connectivity index (χ3n) is 2.19. The number of hydrogen-bond donors (Lipinski definition) is 2. The number of pyridine rings is 1. The summed E-state index contributed by atoms with van der Waals surface area (Å²) in [5.41, 5.74) is 1.66. The summed E-state index contributed by atoms with van der Waals surface area (Å²) in [4.78, 5) is 23.5. The van der Waals surface area contributed by atoms with Crippen molar-refractivity contribution in [2.75, 3.05) is 11.9 Å². The molecule has 2 heterocycles. The van der Waals surface area contributed by atoms with Gasteiger partial charge in [-0.15, -0.1) is 0 Å². The fraction of sp³-hybridized carbons (Fsp3) is 0.167. The lowest BCUT2D eigenvalue weighted by Gasteiger charge is -2.05. The summed E-state index contributed by atoms with van der Waals surface area (Å²) >= 11 is 0. The molecule has 0 aliphatic carbocycles. The molecule has 0 saturated heterocycles. The van der Waals surface area contributed by atoms with Crippen molar-refractivity contribution in [1.82, 2.24) is 20.3 Å². The predicted octanol–water partition coefficient (Wildman–Crippen LogP) is 1.68. The first-order valence-electron chi connectivity index (χ1n) is 5.58. The Labute approximate surface area is 105 Å². The molecular weight excluding hydrogens is 230 g/mol. The van der Waals surface area contributed by atoms with Crippen LogP contribution in [0.25, 0.3) is 11.3 Å². The van der Waals surface area contributed by atoms with Gasteiger partial charge in [0, 0.05) is 30.7 Å². The van der Waals surface area contributed by atoms with Crippen LogP contribution in [0.4, 0.5) is 10.7 Å². The van der Waals surface area contributed by atoms with Crippen molar-refractivity contribution < 1.29 is 4.79 Å². The molecule has 0 aliphatic rings. The van der Waals surface area contributed by atoms with Gasteiger partial charge in [0.25, 0.3) is 0 Å². The summed E-state index contributed by atoms with van der Waals surface area (Å²) in [7, 11) is 0. The van der Waals surface area contributed by atoms with Gasteiger partial charge < -0.3 is 5.32 Å². The molecule has 0 fully saturated rings. The van der Waals surface area contributed by atoms with Crippen LogP contribution in [0, 0.1) is 0 Å². The monoisotopic (exact) mass is 243 g/mol.